The summed E-state index contributed by atoms with van der Waals surface area (Å²) >= 11 is 0. The lowest BCUT2D eigenvalue weighted by Crippen LogP contribution is -2.58. The minimum absolute atomic E-state index is 0.151. The number of rotatable bonds is 3. The third kappa shape index (κ3) is 1.80. The van der Waals surface area contributed by atoms with Gasteiger partial charge in [0.2, 0.25) is 5.85 Å². The molecule has 0 radical (unpaired) electrons. The van der Waals surface area contributed by atoms with Gasteiger partial charge in [0.05, 0.1) is 6.61 Å². The molecule has 21 heavy (non-hydrogen) atoms. The highest BCUT2D eigenvalue weighted by molar-refractivity contribution is 5.81. The molecule has 8 N–H and O–H groups in total. The Labute approximate surface area is 118 Å². The molecular formula is C10H15N7O4. The number of nitrogens with one attached hydrogen (secondary N) is 1. The Morgan fingerprint density at radius 3 is 2.76 bits per heavy atom. The number of nitrogens with two attached hydrogens (primary N) is 2. The van der Waals surface area contributed by atoms with Gasteiger partial charge in [-0.25, -0.2) is 20.4 Å². The lowest BCUT2D eigenvalue weighted by atomic mass is 10.1. The van der Waals surface area contributed by atoms with Crippen molar-refractivity contribution >= 4 is 17.0 Å². The van der Waals surface area contributed by atoms with E-state index in [1.165, 1.54) is 17.2 Å². The highest BCUT2D eigenvalue weighted by atomic mass is 16.6. The summed E-state index contributed by atoms with van der Waals surface area (Å²) < 4.78 is 6.80. The van der Waals surface area contributed by atoms with Crippen LogP contribution in [-0.2, 0) is 10.6 Å². The number of ether oxygens (including phenoxy) is 1. The number of imidazole rings is 1. The van der Waals surface area contributed by atoms with Gasteiger partial charge in [0.25, 0.3) is 0 Å². The molecule has 2 aromatic rings. The van der Waals surface area contributed by atoms with Gasteiger partial charge >= 0.3 is 0 Å². The number of aliphatic hydroxyl groups excluding tert-OH is 3. The zero-order valence-corrected chi connectivity index (χ0v) is 10.8. The van der Waals surface area contributed by atoms with E-state index in [0.717, 1.165) is 0 Å². The Morgan fingerprint density at radius 1 is 1.38 bits per heavy atom. The lowest BCUT2D eigenvalue weighted by molar-refractivity contribution is -0.168. The molecule has 0 amide bonds. The van der Waals surface area contributed by atoms with Gasteiger partial charge in [-0.1, -0.05) is 0 Å². The average Bonchev–Trinajstić information content (AvgIpc) is 3.03. The van der Waals surface area contributed by atoms with Gasteiger partial charge in [0.15, 0.2) is 11.5 Å². The van der Waals surface area contributed by atoms with Crippen LogP contribution in [0.2, 0.25) is 0 Å². The van der Waals surface area contributed by atoms with Gasteiger partial charge in [-0.3, -0.25) is 10.4 Å². The largest absolute Gasteiger partial charge is 0.394 e. The summed E-state index contributed by atoms with van der Waals surface area (Å²) in [7, 11) is 0. The topological polar surface area (TPSA) is 178 Å². The Hall–Kier alpha value is -1.89. The van der Waals surface area contributed by atoms with Gasteiger partial charge in [-0.05, 0) is 0 Å². The molecule has 0 aromatic carbocycles. The number of aliphatic hydroxyl groups is 3. The molecule has 1 saturated heterocycles. The van der Waals surface area contributed by atoms with Crippen LogP contribution in [0.4, 0.5) is 5.82 Å². The predicted molar refractivity (Wildman–Crippen MR) is 69.0 cm³/mol. The standard InChI is InChI=1S/C10H15N7O4/c11-8-5-9(14-2-13-8)17(3-15-5)10(16-12)7(20)6(19)4(1-18)21-10/h2-4,6-7,16,18-20H,1,12H2,(H2,11,13,14)/t4-,6-,7-,10+/m1/s1. The molecule has 3 heterocycles. The first-order chi connectivity index (χ1) is 10.0. The van der Waals surface area contributed by atoms with Gasteiger partial charge < -0.3 is 25.8 Å². The van der Waals surface area contributed by atoms with Crippen LogP contribution < -0.4 is 17.0 Å². The van der Waals surface area contributed by atoms with E-state index in [1.54, 1.807) is 0 Å². The molecule has 11 heteroatoms. The number of aromatic nitrogens is 4. The van der Waals surface area contributed by atoms with Crippen LogP contribution in [0.1, 0.15) is 0 Å². The number of hydrogen-bond donors (Lipinski definition) is 6. The minimum Gasteiger partial charge on any atom is -0.394 e. The maximum absolute atomic E-state index is 10.3. The molecule has 2 aromatic heterocycles. The third-order valence-corrected chi connectivity index (χ3v) is 3.54. The van der Waals surface area contributed by atoms with Gasteiger partial charge in [0.1, 0.15) is 36.5 Å². The summed E-state index contributed by atoms with van der Waals surface area (Å²) in [6.07, 6.45) is -1.31. The van der Waals surface area contributed by atoms with Crippen LogP contribution >= 0.6 is 0 Å². The van der Waals surface area contributed by atoms with Crippen LogP contribution in [0.25, 0.3) is 11.2 Å². The SMILES string of the molecule is NN[C@@]1(n2cnc3c(N)ncnc32)O[C@H](CO)[C@@H](O)[C@H]1O. The van der Waals surface area contributed by atoms with E-state index in [0.29, 0.717) is 5.52 Å². The fourth-order valence-corrected chi connectivity index (χ4v) is 2.43. The van der Waals surface area contributed by atoms with E-state index in [4.69, 9.17) is 16.3 Å². The zero-order valence-electron chi connectivity index (χ0n) is 10.8. The molecule has 4 atom stereocenters. The molecule has 0 aliphatic carbocycles. The minimum atomic E-state index is -1.73. The maximum Gasteiger partial charge on any atom is 0.246 e. The second-order valence-corrected chi connectivity index (χ2v) is 4.66. The predicted octanol–water partition coefficient (Wildman–Crippen LogP) is -3.40. The highest BCUT2D eigenvalue weighted by Crippen LogP contribution is 2.34. The number of fused-ring (bicyclic) bond motifs is 1. The summed E-state index contributed by atoms with van der Waals surface area (Å²) in [5, 5.41) is 29.4. The molecule has 0 unspecified atom stereocenters. The fourth-order valence-electron chi connectivity index (χ4n) is 2.43. The summed E-state index contributed by atoms with van der Waals surface area (Å²) in [5.41, 5.74) is 8.56. The van der Waals surface area contributed by atoms with E-state index in [2.05, 4.69) is 20.4 Å². The number of nitrogen functional groups attached to an aromatic ring is 1. The van der Waals surface area contributed by atoms with Crippen molar-refractivity contribution in [2.24, 2.45) is 5.84 Å². The molecule has 11 nitrogen and oxygen atoms in total. The maximum atomic E-state index is 10.3. The normalized spacial score (nSPS) is 32.9. The smallest absolute Gasteiger partial charge is 0.246 e. The lowest BCUT2D eigenvalue weighted by Gasteiger charge is -2.32. The average molecular weight is 297 g/mol. The van der Waals surface area contributed by atoms with Crippen molar-refractivity contribution < 1.29 is 20.1 Å². The zero-order chi connectivity index (χ0) is 15.2. The summed E-state index contributed by atoms with van der Waals surface area (Å²) in [4.78, 5) is 11.9. The van der Waals surface area contributed by atoms with Crippen LogP contribution in [-0.4, -0.2) is 59.8 Å². The third-order valence-electron chi connectivity index (χ3n) is 3.54. The number of hydrazine groups is 1. The van der Waals surface area contributed by atoms with Crippen LogP contribution in [0.5, 0.6) is 0 Å². The first kappa shape index (κ1) is 14.1. The molecule has 1 fully saturated rings. The van der Waals surface area contributed by atoms with Crippen molar-refractivity contribution in [3.63, 3.8) is 0 Å². The summed E-state index contributed by atoms with van der Waals surface area (Å²) in [5.74, 6) is 3.92. The van der Waals surface area contributed by atoms with Gasteiger partial charge in [-0.2, -0.15) is 0 Å². The Bertz CT molecular complexity index is 664. The first-order valence-electron chi connectivity index (χ1n) is 6.11. The molecule has 1 aliphatic heterocycles. The van der Waals surface area contributed by atoms with Crippen molar-refractivity contribution in [1.29, 1.82) is 0 Å². The Kier molecular flexibility index (Phi) is 3.24. The monoisotopic (exact) mass is 297 g/mol. The van der Waals surface area contributed by atoms with Gasteiger partial charge in [0, 0.05) is 0 Å². The molecule has 114 valence electrons. The number of anilines is 1. The molecule has 0 bridgehead atoms. The van der Waals surface area contributed by atoms with Crippen molar-refractivity contribution in [2.75, 3.05) is 12.3 Å². The molecular weight excluding hydrogens is 282 g/mol. The quantitative estimate of drug-likeness (QED) is 0.247. The van der Waals surface area contributed by atoms with Crippen molar-refractivity contribution in [1.82, 2.24) is 24.9 Å². The Morgan fingerprint density at radius 2 is 2.14 bits per heavy atom. The van der Waals surface area contributed by atoms with Crippen molar-refractivity contribution in [2.45, 2.75) is 24.2 Å². The molecule has 0 spiro atoms. The second-order valence-electron chi connectivity index (χ2n) is 4.66. The van der Waals surface area contributed by atoms with E-state index in [-0.39, 0.29) is 11.5 Å². The number of nitrogens with zero attached hydrogens (tertiary/aromatic N) is 4. The molecule has 3 rings (SSSR count). The van der Waals surface area contributed by atoms with E-state index < -0.39 is 30.8 Å². The Balaban J connectivity index is 2.17. The first-order valence-corrected chi connectivity index (χ1v) is 6.11. The second kappa shape index (κ2) is 4.84. The van der Waals surface area contributed by atoms with Crippen LogP contribution in [0.3, 0.4) is 0 Å². The summed E-state index contributed by atoms with van der Waals surface area (Å²) in [6, 6.07) is 0. The molecule has 0 saturated carbocycles. The van der Waals surface area contributed by atoms with E-state index in [1.807, 2.05) is 0 Å². The highest BCUT2D eigenvalue weighted by Gasteiger charge is 2.56. The molecule has 1 aliphatic rings. The number of hydrogen-bond acceptors (Lipinski definition) is 10. The summed E-state index contributed by atoms with van der Waals surface area (Å²) in [6.45, 7) is -0.495. The fraction of sp³-hybridized carbons (Fsp3) is 0.500. The van der Waals surface area contributed by atoms with Crippen molar-refractivity contribution in [3.8, 4) is 0 Å². The van der Waals surface area contributed by atoms with E-state index >= 15 is 0 Å². The van der Waals surface area contributed by atoms with Crippen LogP contribution in [0.15, 0.2) is 12.7 Å². The van der Waals surface area contributed by atoms with Gasteiger partial charge in [-0.15, -0.1) is 0 Å². The van der Waals surface area contributed by atoms with Crippen molar-refractivity contribution in [3.05, 3.63) is 12.7 Å². The van der Waals surface area contributed by atoms with Crippen LogP contribution in [0, 0.1) is 0 Å². The van der Waals surface area contributed by atoms with E-state index in [9.17, 15) is 15.3 Å².